The number of ether oxygens (including phenoxy) is 3. The minimum atomic E-state index is 0.268. The number of carbonyl (C=O) groups excluding carboxylic acids is 1. The van der Waals surface area contributed by atoms with Crippen LogP contribution in [0, 0.1) is 0 Å². The van der Waals surface area contributed by atoms with Gasteiger partial charge in [0.15, 0.2) is 17.8 Å². The van der Waals surface area contributed by atoms with Gasteiger partial charge in [-0.3, -0.25) is 4.79 Å². The maximum atomic E-state index is 11.1. The first-order valence-corrected chi connectivity index (χ1v) is 7.06. The number of benzene rings is 2. The largest absolute Gasteiger partial charge is 0.496 e. The van der Waals surface area contributed by atoms with Crippen LogP contribution in [0.3, 0.4) is 0 Å². The number of para-hydroxylation sites is 1. The van der Waals surface area contributed by atoms with E-state index in [9.17, 15) is 4.79 Å². The molecule has 0 aliphatic rings. The van der Waals surface area contributed by atoms with E-state index in [-0.39, 0.29) is 6.61 Å². The molecule has 0 saturated heterocycles. The molecular weight excluding hydrogens is 336 g/mol. The summed E-state index contributed by atoms with van der Waals surface area (Å²) < 4.78 is 17.2. The van der Waals surface area contributed by atoms with E-state index in [1.165, 1.54) is 7.11 Å². The molecule has 4 nitrogen and oxygen atoms in total. The Morgan fingerprint density at radius 2 is 1.86 bits per heavy atom. The van der Waals surface area contributed by atoms with Gasteiger partial charge in [-0.25, -0.2) is 0 Å². The zero-order valence-corrected chi connectivity index (χ0v) is 13.3. The van der Waals surface area contributed by atoms with E-state index in [2.05, 4.69) is 15.9 Å². The molecule has 0 radical (unpaired) electrons. The van der Waals surface area contributed by atoms with Crippen LogP contribution in [0.2, 0.25) is 0 Å². The fourth-order valence-corrected chi connectivity index (χ4v) is 2.36. The molecule has 0 fully saturated rings. The molecule has 5 heteroatoms. The minimum Gasteiger partial charge on any atom is -0.496 e. The Balaban J connectivity index is 2.28. The molecule has 0 aromatic heterocycles. The van der Waals surface area contributed by atoms with Crippen LogP contribution in [0.4, 0.5) is 0 Å². The molecule has 0 spiro atoms. The number of hydrogen-bond donors (Lipinski definition) is 0. The SMILES string of the molecule is COc1ccc(Br)cc1COc1c(C=O)cccc1OC. The normalized spacial score (nSPS) is 10.0. The summed E-state index contributed by atoms with van der Waals surface area (Å²) in [6.45, 7) is 0.268. The van der Waals surface area contributed by atoms with Crippen molar-refractivity contribution in [3.63, 3.8) is 0 Å². The smallest absolute Gasteiger partial charge is 0.172 e. The van der Waals surface area contributed by atoms with Crippen molar-refractivity contribution in [2.45, 2.75) is 6.61 Å². The van der Waals surface area contributed by atoms with Crippen molar-refractivity contribution in [1.29, 1.82) is 0 Å². The summed E-state index contributed by atoms with van der Waals surface area (Å²) in [5.74, 6) is 1.67. The summed E-state index contributed by atoms with van der Waals surface area (Å²) in [7, 11) is 3.14. The number of halogens is 1. The molecule has 0 saturated carbocycles. The molecule has 0 amide bonds. The van der Waals surface area contributed by atoms with Crippen LogP contribution in [0.15, 0.2) is 40.9 Å². The van der Waals surface area contributed by atoms with Crippen LogP contribution in [-0.4, -0.2) is 20.5 Å². The van der Waals surface area contributed by atoms with Gasteiger partial charge in [-0.2, -0.15) is 0 Å². The Morgan fingerprint density at radius 1 is 1.10 bits per heavy atom. The quantitative estimate of drug-likeness (QED) is 0.742. The lowest BCUT2D eigenvalue weighted by Crippen LogP contribution is -2.02. The Morgan fingerprint density at radius 3 is 2.52 bits per heavy atom. The van der Waals surface area contributed by atoms with Crippen molar-refractivity contribution in [2.24, 2.45) is 0 Å². The second-order valence-corrected chi connectivity index (χ2v) is 5.16. The highest BCUT2D eigenvalue weighted by Gasteiger charge is 2.12. The van der Waals surface area contributed by atoms with Gasteiger partial charge in [0.05, 0.1) is 19.8 Å². The lowest BCUT2D eigenvalue weighted by molar-refractivity contribution is 0.111. The highest BCUT2D eigenvalue weighted by atomic mass is 79.9. The second-order valence-electron chi connectivity index (χ2n) is 4.24. The molecular formula is C16H15BrO4. The fourth-order valence-electron chi connectivity index (χ4n) is 1.95. The van der Waals surface area contributed by atoms with E-state index >= 15 is 0 Å². The third kappa shape index (κ3) is 3.55. The van der Waals surface area contributed by atoms with Crippen LogP contribution >= 0.6 is 15.9 Å². The van der Waals surface area contributed by atoms with E-state index in [1.54, 1.807) is 25.3 Å². The summed E-state index contributed by atoms with van der Waals surface area (Å²) in [6, 6.07) is 10.8. The first-order valence-electron chi connectivity index (χ1n) is 6.27. The molecule has 0 N–H and O–H groups in total. The van der Waals surface area contributed by atoms with Gasteiger partial charge in [-0.1, -0.05) is 22.0 Å². The summed E-state index contributed by atoms with van der Waals surface area (Å²) in [5.41, 5.74) is 1.32. The number of aldehydes is 1. The summed E-state index contributed by atoms with van der Waals surface area (Å²) in [4.78, 5) is 11.1. The third-order valence-corrected chi connectivity index (χ3v) is 3.46. The molecule has 2 aromatic carbocycles. The Hall–Kier alpha value is -2.01. The standard InChI is InChI=1S/C16H15BrO4/c1-19-14-7-6-13(17)8-12(14)10-21-16-11(9-18)4-3-5-15(16)20-2/h3-9H,10H2,1-2H3. The zero-order valence-electron chi connectivity index (χ0n) is 11.8. The zero-order chi connectivity index (χ0) is 15.2. The van der Waals surface area contributed by atoms with E-state index < -0.39 is 0 Å². The van der Waals surface area contributed by atoms with E-state index in [0.29, 0.717) is 17.1 Å². The van der Waals surface area contributed by atoms with Crippen molar-refractivity contribution >= 4 is 22.2 Å². The molecule has 0 unspecified atom stereocenters. The minimum absolute atomic E-state index is 0.268. The van der Waals surface area contributed by atoms with Crippen LogP contribution in [0.25, 0.3) is 0 Å². The fraction of sp³-hybridized carbons (Fsp3) is 0.188. The molecule has 21 heavy (non-hydrogen) atoms. The van der Waals surface area contributed by atoms with Crippen molar-refractivity contribution in [1.82, 2.24) is 0 Å². The van der Waals surface area contributed by atoms with Gasteiger partial charge in [-0.05, 0) is 30.3 Å². The highest BCUT2D eigenvalue weighted by Crippen LogP contribution is 2.32. The summed E-state index contributed by atoms with van der Waals surface area (Å²) >= 11 is 3.42. The van der Waals surface area contributed by atoms with Crippen molar-refractivity contribution < 1.29 is 19.0 Å². The average Bonchev–Trinajstić information content (AvgIpc) is 2.52. The number of methoxy groups -OCH3 is 2. The van der Waals surface area contributed by atoms with Gasteiger partial charge in [0.2, 0.25) is 0 Å². The summed E-state index contributed by atoms with van der Waals surface area (Å²) in [6.07, 6.45) is 0.746. The Bertz CT molecular complexity index is 640. The molecule has 110 valence electrons. The number of rotatable bonds is 6. The molecule has 0 aliphatic heterocycles. The Labute approximate surface area is 131 Å². The van der Waals surface area contributed by atoms with Crippen LogP contribution in [0.5, 0.6) is 17.2 Å². The number of carbonyl (C=O) groups is 1. The van der Waals surface area contributed by atoms with Crippen molar-refractivity contribution in [2.75, 3.05) is 14.2 Å². The van der Waals surface area contributed by atoms with Gasteiger partial charge >= 0.3 is 0 Å². The lowest BCUT2D eigenvalue weighted by Gasteiger charge is -2.14. The predicted molar refractivity (Wildman–Crippen MR) is 83.4 cm³/mol. The first kappa shape index (κ1) is 15.4. The molecule has 2 aromatic rings. The molecule has 0 atom stereocenters. The van der Waals surface area contributed by atoms with Gasteiger partial charge in [0.25, 0.3) is 0 Å². The molecule has 0 aliphatic carbocycles. The van der Waals surface area contributed by atoms with Crippen LogP contribution in [0.1, 0.15) is 15.9 Å². The van der Waals surface area contributed by atoms with Crippen molar-refractivity contribution in [3.05, 3.63) is 52.0 Å². The maximum absolute atomic E-state index is 11.1. The monoisotopic (exact) mass is 350 g/mol. The topological polar surface area (TPSA) is 44.8 Å². The molecule has 0 heterocycles. The highest BCUT2D eigenvalue weighted by molar-refractivity contribution is 9.10. The molecule has 2 rings (SSSR count). The van der Waals surface area contributed by atoms with Gasteiger partial charge in [0.1, 0.15) is 12.4 Å². The van der Waals surface area contributed by atoms with Gasteiger partial charge in [-0.15, -0.1) is 0 Å². The first-order chi connectivity index (χ1) is 10.2. The third-order valence-electron chi connectivity index (χ3n) is 2.97. The lowest BCUT2D eigenvalue weighted by atomic mass is 10.2. The van der Waals surface area contributed by atoms with Crippen LogP contribution in [-0.2, 0) is 6.61 Å². The van der Waals surface area contributed by atoms with Gasteiger partial charge in [0, 0.05) is 10.0 Å². The van der Waals surface area contributed by atoms with E-state index in [4.69, 9.17) is 14.2 Å². The van der Waals surface area contributed by atoms with Crippen LogP contribution < -0.4 is 14.2 Å². The molecule has 0 bridgehead atoms. The van der Waals surface area contributed by atoms with Crippen molar-refractivity contribution in [3.8, 4) is 17.2 Å². The van der Waals surface area contributed by atoms with E-state index in [0.717, 1.165) is 22.1 Å². The van der Waals surface area contributed by atoms with Gasteiger partial charge < -0.3 is 14.2 Å². The Kier molecular flexibility index (Phi) is 5.22. The summed E-state index contributed by atoms with van der Waals surface area (Å²) in [5, 5.41) is 0. The number of hydrogen-bond acceptors (Lipinski definition) is 4. The second kappa shape index (κ2) is 7.13. The maximum Gasteiger partial charge on any atom is 0.172 e. The van der Waals surface area contributed by atoms with E-state index in [1.807, 2.05) is 18.2 Å². The predicted octanol–water partition coefficient (Wildman–Crippen LogP) is 3.86. The average molecular weight is 351 g/mol.